The summed E-state index contributed by atoms with van der Waals surface area (Å²) in [6.45, 7) is -0.807. The van der Waals surface area contributed by atoms with Gasteiger partial charge < -0.3 is 42.6 Å². The molecule has 0 radical (unpaired) electrons. The van der Waals surface area contributed by atoms with Crippen molar-refractivity contribution < 1.29 is 34.2 Å². The number of primary amides is 1. The first-order chi connectivity index (χ1) is 15.1. The first-order valence-electron chi connectivity index (χ1n) is 9.45. The second-order valence-corrected chi connectivity index (χ2v) is 7.14. The molecule has 0 saturated heterocycles. The Hall–Kier alpha value is -3.17. The summed E-state index contributed by atoms with van der Waals surface area (Å²) in [7, 11) is 0. The highest BCUT2D eigenvalue weighted by Gasteiger charge is 2.30. The number of aromatic nitrogens is 2. The molecule has 1 rings (SSSR count). The Labute approximate surface area is 188 Å². The molecule has 0 aliphatic rings. The molecule has 0 aromatic carbocycles. The Morgan fingerprint density at radius 2 is 1.66 bits per heavy atom. The van der Waals surface area contributed by atoms with Crippen LogP contribution >= 0.6 is 12.6 Å². The number of carbonyl (C=O) groups excluding carboxylic acids is 4. The van der Waals surface area contributed by atoms with Crippen LogP contribution in [0, 0.1) is 0 Å². The lowest BCUT2D eigenvalue weighted by molar-refractivity contribution is -0.142. The van der Waals surface area contributed by atoms with Crippen LogP contribution in [0.5, 0.6) is 0 Å². The number of aliphatic hydroxyl groups is 1. The molecule has 10 N–H and O–H groups in total. The van der Waals surface area contributed by atoms with Crippen LogP contribution in [0.4, 0.5) is 0 Å². The number of aliphatic carboxylic acids is 1. The second-order valence-electron chi connectivity index (χ2n) is 6.78. The van der Waals surface area contributed by atoms with E-state index < -0.39 is 60.4 Å². The third-order valence-electron chi connectivity index (χ3n) is 4.25. The van der Waals surface area contributed by atoms with E-state index in [0.29, 0.717) is 5.69 Å². The Kier molecular flexibility index (Phi) is 11.2. The van der Waals surface area contributed by atoms with Gasteiger partial charge in [0.15, 0.2) is 0 Å². The summed E-state index contributed by atoms with van der Waals surface area (Å²) in [4.78, 5) is 66.2. The quantitative estimate of drug-likeness (QED) is 0.119. The number of amides is 4. The summed E-state index contributed by atoms with van der Waals surface area (Å²) in [5, 5.41) is 25.6. The molecule has 15 heteroatoms. The summed E-state index contributed by atoms with van der Waals surface area (Å²) in [6.07, 6.45) is 2.07. The van der Waals surface area contributed by atoms with Gasteiger partial charge in [-0.25, -0.2) is 9.78 Å². The molecule has 0 spiro atoms. The minimum atomic E-state index is -1.45. The van der Waals surface area contributed by atoms with Gasteiger partial charge >= 0.3 is 5.97 Å². The van der Waals surface area contributed by atoms with Gasteiger partial charge in [0.2, 0.25) is 23.6 Å². The fraction of sp³-hybridized carbons (Fsp3) is 0.529. The third-order valence-corrected chi connectivity index (χ3v) is 4.65. The SMILES string of the molecule is NC(=O)CCC(NC(=O)C(CO)NC(=O)C(N)CS)C(=O)NC(Cc1cnc[nH]1)C(=O)O. The molecule has 1 aromatic rings. The van der Waals surface area contributed by atoms with Gasteiger partial charge in [0.05, 0.1) is 19.0 Å². The summed E-state index contributed by atoms with van der Waals surface area (Å²) < 4.78 is 0. The zero-order chi connectivity index (χ0) is 24.3. The molecule has 1 heterocycles. The maximum absolute atomic E-state index is 12.7. The highest BCUT2D eigenvalue weighted by atomic mass is 32.1. The van der Waals surface area contributed by atoms with Crippen molar-refractivity contribution in [2.45, 2.75) is 43.4 Å². The molecule has 0 saturated carbocycles. The van der Waals surface area contributed by atoms with Crippen LogP contribution in [-0.2, 0) is 30.4 Å². The molecule has 0 aliphatic heterocycles. The van der Waals surface area contributed by atoms with Crippen molar-refractivity contribution >= 4 is 42.2 Å². The van der Waals surface area contributed by atoms with Crippen molar-refractivity contribution in [3.05, 3.63) is 18.2 Å². The van der Waals surface area contributed by atoms with Crippen LogP contribution in [0.3, 0.4) is 0 Å². The number of nitrogens with one attached hydrogen (secondary N) is 4. The van der Waals surface area contributed by atoms with E-state index in [1.807, 2.05) is 0 Å². The van der Waals surface area contributed by atoms with Gasteiger partial charge in [-0.15, -0.1) is 0 Å². The predicted octanol–water partition coefficient (Wildman–Crippen LogP) is -3.99. The molecule has 4 atom stereocenters. The number of carboxylic acids is 1. The van der Waals surface area contributed by atoms with E-state index in [1.165, 1.54) is 12.5 Å². The Bertz CT molecular complexity index is 805. The minimum absolute atomic E-state index is 0.0118. The smallest absolute Gasteiger partial charge is 0.326 e. The maximum Gasteiger partial charge on any atom is 0.326 e. The van der Waals surface area contributed by atoms with E-state index >= 15 is 0 Å². The van der Waals surface area contributed by atoms with Gasteiger partial charge in [-0.3, -0.25) is 19.2 Å². The zero-order valence-electron chi connectivity index (χ0n) is 17.0. The second kappa shape index (κ2) is 13.3. The van der Waals surface area contributed by atoms with Gasteiger partial charge in [0.1, 0.15) is 18.1 Å². The molecule has 14 nitrogen and oxygen atoms in total. The number of carbonyl (C=O) groups is 5. The number of H-pyrrole nitrogens is 1. The highest BCUT2D eigenvalue weighted by Crippen LogP contribution is 2.03. The average Bonchev–Trinajstić information content (AvgIpc) is 3.26. The van der Waals surface area contributed by atoms with Crippen LogP contribution in [0.1, 0.15) is 18.5 Å². The number of thiol groups is 1. The molecule has 0 bridgehead atoms. The number of aromatic amines is 1. The molecule has 1 aromatic heterocycles. The summed E-state index contributed by atoms with van der Waals surface area (Å²) >= 11 is 3.87. The molecule has 0 aliphatic carbocycles. The Morgan fingerprint density at radius 1 is 1.06 bits per heavy atom. The van der Waals surface area contributed by atoms with Gasteiger partial charge in [0.25, 0.3) is 0 Å². The molecule has 4 unspecified atom stereocenters. The van der Waals surface area contributed by atoms with Gasteiger partial charge in [-0.05, 0) is 6.42 Å². The molecular weight excluding hydrogens is 446 g/mol. The van der Waals surface area contributed by atoms with E-state index in [9.17, 15) is 34.2 Å². The first-order valence-corrected chi connectivity index (χ1v) is 10.1. The molecule has 32 heavy (non-hydrogen) atoms. The number of rotatable bonds is 14. The van der Waals surface area contributed by atoms with E-state index in [0.717, 1.165) is 0 Å². The zero-order valence-corrected chi connectivity index (χ0v) is 17.9. The van der Waals surface area contributed by atoms with Crippen LogP contribution in [0.15, 0.2) is 12.5 Å². The number of aliphatic hydroxyl groups excluding tert-OH is 1. The van der Waals surface area contributed by atoms with E-state index in [2.05, 4.69) is 38.5 Å². The number of hydrogen-bond acceptors (Lipinski definition) is 9. The van der Waals surface area contributed by atoms with Crippen LogP contribution < -0.4 is 27.4 Å². The molecule has 0 fully saturated rings. The van der Waals surface area contributed by atoms with E-state index in [-0.39, 0.29) is 25.0 Å². The average molecular weight is 474 g/mol. The lowest BCUT2D eigenvalue weighted by atomic mass is 10.1. The van der Waals surface area contributed by atoms with Crippen molar-refractivity contribution in [3.63, 3.8) is 0 Å². The van der Waals surface area contributed by atoms with Crippen LogP contribution in [-0.4, -0.2) is 86.3 Å². The third kappa shape index (κ3) is 8.91. The van der Waals surface area contributed by atoms with Gasteiger partial charge in [-0.1, -0.05) is 0 Å². The fourth-order valence-corrected chi connectivity index (χ4v) is 2.64. The van der Waals surface area contributed by atoms with Gasteiger partial charge in [0, 0.05) is 30.5 Å². The number of hydrogen-bond donors (Lipinski definition) is 9. The maximum atomic E-state index is 12.7. The Balaban J connectivity index is 2.90. The van der Waals surface area contributed by atoms with Crippen molar-refractivity contribution in [2.24, 2.45) is 11.5 Å². The van der Waals surface area contributed by atoms with E-state index in [4.69, 9.17) is 11.5 Å². The van der Waals surface area contributed by atoms with Crippen molar-refractivity contribution in [3.8, 4) is 0 Å². The predicted molar refractivity (Wildman–Crippen MR) is 113 cm³/mol. The Morgan fingerprint density at radius 3 is 2.16 bits per heavy atom. The van der Waals surface area contributed by atoms with Crippen molar-refractivity contribution in [2.75, 3.05) is 12.4 Å². The minimum Gasteiger partial charge on any atom is -0.480 e. The molecular formula is C17H27N7O7S. The number of nitrogens with zero attached hydrogens (tertiary/aromatic N) is 1. The van der Waals surface area contributed by atoms with Crippen LogP contribution in [0.25, 0.3) is 0 Å². The summed E-state index contributed by atoms with van der Waals surface area (Å²) in [5.41, 5.74) is 11.1. The first kappa shape index (κ1) is 26.9. The summed E-state index contributed by atoms with van der Waals surface area (Å²) in [6, 6.07) is -5.22. The largest absolute Gasteiger partial charge is 0.480 e. The number of nitrogens with two attached hydrogens (primary N) is 2. The monoisotopic (exact) mass is 473 g/mol. The highest BCUT2D eigenvalue weighted by molar-refractivity contribution is 7.80. The van der Waals surface area contributed by atoms with E-state index in [1.54, 1.807) is 0 Å². The number of imidazole rings is 1. The lowest BCUT2D eigenvalue weighted by Crippen LogP contribution is -2.58. The fourth-order valence-electron chi connectivity index (χ4n) is 2.47. The standard InChI is InChI=1S/C17H27N7O7S/c18-9(6-32)14(27)24-12(5-25)16(29)22-10(1-2-13(19)26)15(28)23-11(17(30)31)3-8-4-20-7-21-8/h4,7,9-12,25,32H,1-3,5-6,18H2,(H2,19,26)(H,20,21)(H,22,29)(H,23,28)(H,24,27)(H,30,31). The lowest BCUT2D eigenvalue weighted by Gasteiger charge is -2.24. The normalized spacial score (nSPS) is 14.5. The molecule has 178 valence electrons. The number of carboxylic acid groups (broad SMARTS) is 1. The van der Waals surface area contributed by atoms with Crippen molar-refractivity contribution in [1.82, 2.24) is 25.9 Å². The van der Waals surface area contributed by atoms with Crippen molar-refractivity contribution in [1.29, 1.82) is 0 Å². The van der Waals surface area contributed by atoms with Crippen LogP contribution in [0.2, 0.25) is 0 Å². The van der Waals surface area contributed by atoms with Gasteiger partial charge in [-0.2, -0.15) is 12.6 Å². The summed E-state index contributed by atoms with van der Waals surface area (Å²) in [5.74, 6) is -4.70. The molecule has 4 amide bonds. The topological polar surface area (TPSA) is 243 Å².